The number of methoxy groups -OCH3 is 2. The van der Waals surface area contributed by atoms with Gasteiger partial charge < -0.3 is 18.6 Å². The van der Waals surface area contributed by atoms with Gasteiger partial charge in [-0.2, -0.15) is 0 Å². The fourth-order valence-corrected chi connectivity index (χ4v) is 3.57. The smallest absolute Gasteiger partial charge is 0.344 e. The Kier molecular flexibility index (Phi) is 5.81. The maximum Gasteiger partial charge on any atom is 0.344 e. The molecule has 0 N–H and O–H groups in total. The predicted molar refractivity (Wildman–Crippen MR) is 116 cm³/mol. The first-order valence-electron chi connectivity index (χ1n) is 9.78. The van der Waals surface area contributed by atoms with Crippen LogP contribution in [0.15, 0.2) is 63.8 Å². The average Bonchev–Trinajstić information content (AvgIpc) is 2.79. The predicted octanol–water partition coefficient (Wildman–Crippen LogP) is 5.64. The molecule has 0 fully saturated rings. The number of ether oxygens (including phenoxy) is 3. The largest absolute Gasteiger partial charge is 0.493 e. The van der Waals surface area contributed by atoms with E-state index < -0.39 is 17.3 Å². The molecule has 5 nitrogen and oxygen atoms in total. The van der Waals surface area contributed by atoms with Crippen molar-refractivity contribution < 1.29 is 27.4 Å². The van der Waals surface area contributed by atoms with Gasteiger partial charge in [0.15, 0.2) is 11.5 Å². The van der Waals surface area contributed by atoms with E-state index >= 15 is 0 Å². The second kappa shape index (κ2) is 8.70. The van der Waals surface area contributed by atoms with Gasteiger partial charge in [0.2, 0.25) is 0 Å². The van der Waals surface area contributed by atoms with Crippen LogP contribution in [0.4, 0.5) is 8.78 Å². The molecule has 3 aromatic carbocycles. The van der Waals surface area contributed by atoms with Crippen LogP contribution in [0.25, 0.3) is 22.1 Å². The molecule has 0 aliphatic carbocycles. The summed E-state index contributed by atoms with van der Waals surface area (Å²) in [6, 6.07) is 13.7. The number of hydrogen-bond donors (Lipinski definition) is 0. The zero-order chi connectivity index (χ0) is 22.8. The minimum atomic E-state index is -0.677. The lowest BCUT2D eigenvalue weighted by atomic mass is 9.99. The summed E-state index contributed by atoms with van der Waals surface area (Å²) < 4.78 is 49.5. The van der Waals surface area contributed by atoms with Crippen LogP contribution in [0.3, 0.4) is 0 Å². The number of halogens is 2. The van der Waals surface area contributed by atoms with E-state index in [0.29, 0.717) is 44.9 Å². The van der Waals surface area contributed by atoms with Gasteiger partial charge >= 0.3 is 5.63 Å². The monoisotopic (exact) mass is 438 g/mol. The van der Waals surface area contributed by atoms with Crippen LogP contribution < -0.4 is 19.8 Å². The lowest BCUT2D eigenvalue weighted by molar-refractivity contribution is 0.293. The summed E-state index contributed by atoms with van der Waals surface area (Å²) in [4.78, 5) is 12.7. The second-order valence-corrected chi connectivity index (χ2v) is 7.11. The topological polar surface area (TPSA) is 57.9 Å². The first-order valence-corrected chi connectivity index (χ1v) is 9.78. The van der Waals surface area contributed by atoms with E-state index in [0.717, 1.165) is 0 Å². The summed E-state index contributed by atoms with van der Waals surface area (Å²) in [6.07, 6.45) is 0. The second-order valence-electron chi connectivity index (χ2n) is 7.11. The van der Waals surface area contributed by atoms with E-state index in [4.69, 9.17) is 18.6 Å². The van der Waals surface area contributed by atoms with Crippen molar-refractivity contribution in [2.24, 2.45) is 0 Å². The normalized spacial score (nSPS) is 10.9. The molecular weight excluding hydrogens is 418 g/mol. The molecule has 7 heteroatoms. The molecule has 0 aliphatic rings. The van der Waals surface area contributed by atoms with E-state index in [2.05, 4.69) is 0 Å². The van der Waals surface area contributed by atoms with Gasteiger partial charge in [-0.25, -0.2) is 13.6 Å². The molecule has 0 spiro atoms. The van der Waals surface area contributed by atoms with Crippen LogP contribution >= 0.6 is 0 Å². The summed E-state index contributed by atoms with van der Waals surface area (Å²) in [5.74, 6) is 0.0470. The van der Waals surface area contributed by atoms with Gasteiger partial charge in [-0.15, -0.1) is 0 Å². The molecule has 0 aliphatic heterocycles. The Morgan fingerprint density at radius 3 is 2.31 bits per heavy atom. The number of aryl methyl sites for hydroxylation is 1. The van der Waals surface area contributed by atoms with Crippen molar-refractivity contribution >= 4 is 11.0 Å². The minimum Gasteiger partial charge on any atom is -0.493 e. The number of rotatable bonds is 6. The summed E-state index contributed by atoms with van der Waals surface area (Å²) in [7, 11) is 3.04. The van der Waals surface area contributed by atoms with Crippen molar-refractivity contribution in [1.82, 2.24) is 0 Å². The molecule has 0 saturated heterocycles. The molecule has 0 amide bonds. The Labute approximate surface area is 182 Å². The number of benzene rings is 3. The Bertz CT molecular complexity index is 1340. The van der Waals surface area contributed by atoms with E-state index in [-0.39, 0.29) is 12.2 Å². The van der Waals surface area contributed by atoms with Crippen molar-refractivity contribution in [3.05, 3.63) is 87.8 Å². The lowest BCUT2D eigenvalue weighted by Crippen LogP contribution is -2.07. The SMILES string of the molecule is COc1ccc(-c2c(C)c3cc(OCc4c(F)cccc4F)ccc3oc2=O)cc1OC. The minimum absolute atomic E-state index is 0.157. The highest BCUT2D eigenvalue weighted by Crippen LogP contribution is 2.35. The fourth-order valence-electron chi connectivity index (χ4n) is 3.57. The highest BCUT2D eigenvalue weighted by Gasteiger charge is 2.17. The van der Waals surface area contributed by atoms with Crippen LogP contribution in [0.5, 0.6) is 17.2 Å². The standard InChI is InChI=1S/C25H20F2O5/c1-14-17-12-16(31-13-18-19(26)5-4-6-20(18)27)8-10-21(17)32-25(28)24(14)15-7-9-22(29-2)23(11-15)30-3/h4-12H,13H2,1-3H3. The summed E-state index contributed by atoms with van der Waals surface area (Å²) in [5, 5.41) is 0.640. The number of hydrogen-bond acceptors (Lipinski definition) is 5. The highest BCUT2D eigenvalue weighted by atomic mass is 19.1. The molecule has 0 saturated carbocycles. The van der Waals surface area contributed by atoms with Crippen molar-refractivity contribution in [3.8, 4) is 28.4 Å². The molecule has 1 aromatic heterocycles. The van der Waals surface area contributed by atoms with Crippen molar-refractivity contribution in [2.45, 2.75) is 13.5 Å². The van der Waals surface area contributed by atoms with E-state index in [1.807, 2.05) is 0 Å². The van der Waals surface area contributed by atoms with E-state index in [9.17, 15) is 13.6 Å². The van der Waals surface area contributed by atoms with Crippen molar-refractivity contribution in [3.63, 3.8) is 0 Å². The third kappa shape index (κ3) is 3.89. The zero-order valence-electron chi connectivity index (χ0n) is 17.7. The van der Waals surface area contributed by atoms with E-state index in [1.165, 1.54) is 32.4 Å². The molecule has 0 radical (unpaired) electrons. The van der Waals surface area contributed by atoms with Crippen LogP contribution in [0, 0.1) is 18.6 Å². The molecule has 164 valence electrons. The van der Waals surface area contributed by atoms with Gasteiger partial charge in [0, 0.05) is 5.39 Å². The van der Waals surface area contributed by atoms with Gasteiger partial charge in [-0.3, -0.25) is 0 Å². The Morgan fingerprint density at radius 2 is 1.62 bits per heavy atom. The first-order chi connectivity index (χ1) is 15.4. The molecular formula is C25H20F2O5. The van der Waals surface area contributed by atoms with Gasteiger partial charge in [-0.1, -0.05) is 12.1 Å². The maximum atomic E-state index is 13.9. The molecule has 4 rings (SSSR count). The van der Waals surface area contributed by atoms with Crippen LogP contribution in [0.1, 0.15) is 11.1 Å². The third-order valence-corrected chi connectivity index (χ3v) is 5.25. The molecule has 32 heavy (non-hydrogen) atoms. The molecule has 0 bridgehead atoms. The fraction of sp³-hybridized carbons (Fsp3) is 0.160. The maximum absolute atomic E-state index is 13.9. The van der Waals surface area contributed by atoms with Gasteiger partial charge in [-0.05, 0) is 60.5 Å². The Hall–Kier alpha value is -3.87. The van der Waals surface area contributed by atoms with Crippen LogP contribution in [-0.4, -0.2) is 14.2 Å². The van der Waals surface area contributed by atoms with Gasteiger partial charge in [0.25, 0.3) is 0 Å². The van der Waals surface area contributed by atoms with Crippen LogP contribution in [-0.2, 0) is 6.61 Å². The third-order valence-electron chi connectivity index (χ3n) is 5.25. The van der Waals surface area contributed by atoms with Crippen molar-refractivity contribution in [2.75, 3.05) is 14.2 Å². The van der Waals surface area contributed by atoms with Crippen molar-refractivity contribution in [1.29, 1.82) is 0 Å². The van der Waals surface area contributed by atoms with E-state index in [1.54, 1.807) is 43.3 Å². The molecule has 1 heterocycles. The Balaban J connectivity index is 1.75. The average molecular weight is 438 g/mol. The van der Waals surface area contributed by atoms with Gasteiger partial charge in [0.1, 0.15) is 29.6 Å². The molecule has 4 aromatic rings. The summed E-state index contributed by atoms with van der Waals surface area (Å²) in [6.45, 7) is 1.52. The molecule has 0 atom stereocenters. The highest BCUT2D eigenvalue weighted by molar-refractivity contribution is 5.88. The molecule has 0 unspecified atom stereocenters. The Morgan fingerprint density at radius 1 is 0.906 bits per heavy atom. The summed E-state index contributed by atoms with van der Waals surface area (Å²) in [5.41, 5.74) is 1.37. The first kappa shape index (κ1) is 21.4. The number of fused-ring (bicyclic) bond motifs is 1. The lowest BCUT2D eigenvalue weighted by Gasteiger charge is -2.13. The zero-order valence-corrected chi connectivity index (χ0v) is 17.7. The summed E-state index contributed by atoms with van der Waals surface area (Å²) >= 11 is 0. The van der Waals surface area contributed by atoms with Crippen LogP contribution in [0.2, 0.25) is 0 Å². The van der Waals surface area contributed by atoms with Gasteiger partial charge in [0.05, 0.1) is 25.3 Å². The quantitative estimate of drug-likeness (QED) is 0.365.